The van der Waals surface area contributed by atoms with Crippen LogP contribution < -0.4 is 10.6 Å². The van der Waals surface area contributed by atoms with E-state index in [1.165, 1.54) is 38.5 Å². The van der Waals surface area contributed by atoms with Crippen molar-refractivity contribution in [1.29, 1.82) is 0 Å². The van der Waals surface area contributed by atoms with Crippen LogP contribution in [0, 0.1) is 6.92 Å². The lowest BCUT2D eigenvalue weighted by Crippen LogP contribution is -2.09. The summed E-state index contributed by atoms with van der Waals surface area (Å²) >= 11 is 0. The number of rotatable bonds is 7. The summed E-state index contributed by atoms with van der Waals surface area (Å²) in [5.41, 5.74) is 22.3. The molecule has 0 saturated carbocycles. The number of hydrogen-bond donors (Lipinski definition) is 1. The first-order valence-electron chi connectivity index (χ1n) is 17.7. The second kappa shape index (κ2) is 13.1. The Hall–Kier alpha value is -6.84. The highest BCUT2D eigenvalue weighted by atomic mass is 15.1. The Morgan fingerprint density at radius 2 is 0.904 bits per heavy atom. The summed E-state index contributed by atoms with van der Waals surface area (Å²) in [5, 5.41) is 2.54. The maximum Gasteiger partial charge on any atom is 0.0541 e. The quantitative estimate of drug-likeness (QED) is 0.172. The summed E-state index contributed by atoms with van der Waals surface area (Å²) in [6.07, 6.45) is 0. The first-order valence-corrected chi connectivity index (χ1v) is 17.7. The average molecular weight is 668 g/mol. The zero-order valence-corrected chi connectivity index (χ0v) is 28.9. The third-order valence-corrected chi connectivity index (χ3v) is 10.0. The molecule has 8 aromatic carbocycles. The van der Waals surface area contributed by atoms with Gasteiger partial charge in [0.2, 0.25) is 0 Å². The smallest absolute Gasteiger partial charge is 0.0541 e. The molecule has 0 bridgehead atoms. The Morgan fingerprint density at radius 3 is 1.56 bits per heavy atom. The number of benzene rings is 8. The minimum Gasteiger partial charge on any atom is -0.398 e. The third-order valence-electron chi connectivity index (χ3n) is 10.0. The van der Waals surface area contributed by atoms with Gasteiger partial charge in [-0.2, -0.15) is 0 Å². The number of hydrogen-bond acceptors (Lipinski definition) is 2. The van der Waals surface area contributed by atoms with E-state index in [1.54, 1.807) is 0 Å². The molecule has 52 heavy (non-hydrogen) atoms. The standard InChI is InChI=1S/C49H37N3/c1-34-10-9-13-43(32-34)51(40-11-3-2-4-12-40)41-27-24-37(25-28-41)39-26-31-47(50)46(33-39)38-20-18-35(19-21-38)36-22-29-42(30-23-36)52-48-16-7-5-14-44(48)45-15-6-8-17-49(45)52/h2-33H,50H2,1H3. The highest BCUT2D eigenvalue weighted by molar-refractivity contribution is 6.09. The predicted molar refractivity (Wildman–Crippen MR) is 221 cm³/mol. The van der Waals surface area contributed by atoms with Gasteiger partial charge < -0.3 is 15.2 Å². The molecule has 0 aliphatic heterocycles. The molecule has 1 heterocycles. The second-order valence-electron chi connectivity index (χ2n) is 13.4. The van der Waals surface area contributed by atoms with Gasteiger partial charge in [0.05, 0.1) is 11.0 Å². The van der Waals surface area contributed by atoms with Crippen LogP contribution in [0.2, 0.25) is 0 Å². The monoisotopic (exact) mass is 667 g/mol. The molecular formula is C49H37N3. The van der Waals surface area contributed by atoms with Crippen molar-refractivity contribution in [3.63, 3.8) is 0 Å². The lowest BCUT2D eigenvalue weighted by molar-refractivity contribution is 1.18. The van der Waals surface area contributed by atoms with Crippen molar-refractivity contribution in [2.45, 2.75) is 6.92 Å². The summed E-state index contributed by atoms with van der Waals surface area (Å²) < 4.78 is 2.35. The van der Waals surface area contributed by atoms with Crippen LogP contribution in [0.5, 0.6) is 0 Å². The van der Waals surface area contributed by atoms with Crippen molar-refractivity contribution in [1.82, 2.24) is 4.57 Å². The van der Waals surface area contributed by atoms with E-state index in [1.807, 2.05) is 6.07 Å². The van der Waals surface area contributed by atoms with E-state index in [4.69, 9.17) is 5.73 Å². The van der Waals surface area contributed by atoms with Gasteiger partial charge in [-0.1, -0.05) is 121 Å². The fourth-order valence-electron chi connectivity index (χ4n) is 7.43. The van der Waals surface area contributed by atoms with Gasteiger partial charge in [-0.15, -0.1) is 0 Å². The van der Waals surface area contributed by atoms with E-state index in [-0.39, 0.29) is 0 Å². The summed E-state index contributed by atoms with van der Waals surface area (Å²) in [6, 6.07) is 69.1. The Labute approximate surface area is 304 Å². The van der Waals surface area contributed by atoms with Crippen LogP contribution in [0.3, 0.4) is 0 Å². The van der Waals surface area contributed by atoms with Crippen LogP contribution in [0.4, 0.5) is 22.7 Å². The fourth-order valence-corrected chi connectivity index (χ4v) is 7.43. The van der Waals surface area contributed by atoms with Crippen LogP contribution in [-0.4, -0.2) is 4.57 Å². The van der Waals surface area contributed by atoms with Crippen molar-refractivity contribution in [3.8, 4) is 39.1 Å². The van der Waals surface area contributed by atoms with Crippen molar-refractivity contribution < 1.29 is 0 Å². The summed E-state index contributed by atoms with van der Waals surface area (Å²) in [7, 11) is 0. The van der Waals surface area contributed by atoms with Gasteiger partial charge in [-0.3, -0.25) is 0 Å². The SMILES string of the molecule is Cc1cccc(N(c2ccccc2)c2ccc(-c3ccc(N)c(-c4ccc(-c5ccc(-n6c7ccccc7c7ccccc76)cc5)cc4)c3)cc2)c1. The molecule has 248 valence electrons. The summed E-state index contributed by atoms with van der Waals surface area (Å²) in [5.74, 6) is 0. The maximum atomic E-state index is 6.59. The van der Waals surface area contributed by atoms with E-state index in [0.29, 0.717) is 0 Å². The molecule has 2 N–H and O–H groups in total. The number of para-hydroxylation sites is 3. The van der Waals surface area contributed by atoms with E-state index >= 15 is 0 Å². The van der Waals surface area contributed by atoms with Gasteiger partial charge >= 0.3 is 0 Å². The van der Waals surface area contributed by atoms with Gasteiger partial charge in [-0.05, 0) is 113 Å². The Morgan fingerprint density at radius 1 is 0.404 bits per heavy atom. The molecule has 0 amide bonds. The normalized spacial score (nSPS) is 11.2. The number of aromatic nitrogens is 1. The molecule has 9 aromatic rings. The van der Waals surface area contributed by atoms with Crippen LogP contribution in [-0.2, 0) is 0 Å². The highest BCUT2D eigenvalue weighted by Gasteiger charge is 2.14. The molecule has 0 aliphatic rings. The van der Waals surface area contributed by atoms with Crippen molar-refractivity contribution >= 4 is 44.6 Å². The van der Waals surface area contributed by atoms with Crippen LogP contribution in [0.15, 0.2) is 194 Å². The van der Waals surface area contributed by atoms with Gasteiger partial charge in [0.1, 0.15) is 0 Å². The Balaban J connectivity index is 0.986. The molecule has 0 saturated heterocycles. The number of anilines is 4. The number of nitrogen functional groups attached to an aromatic ring is 1. The molecule has 3 heteroatoms. The van der Waals surface area contributed by atoms with E-state index in [2.05, 4.69) is 204 Å². The van der Waals surface area contributed by atoms with Gasteiger partial charge in [-0.25, -0.2) is 0 Å². The number of nitrogens with two attached hydrogens (primary N) is 1. The molecule has 1 aromatic heterocycles. The minimum absolute atomic E-state index is 0.762. The number of fused-ring (bicyclic) bond motifs is 3. The fraction of sp³-hybridized carbons (Fsp3) is 0.0204. The van der Waals surface area contributed by atoms with Crippen molar-refractivity contribution in [3.05, 3.63) is 200 Å². The van der Waals surface area contributed by atoms with Crippen LogP contribution in [0.25, 0.3) is 60.9 Å². The predicted octanol–water partition coefficient (Wildman–Crippen LogP) is 13.1. The first kappa shape index (κ1) is 31.2. The van der Waals surface area contributed by atoms with Gasteiger partial charge in [0.15, 0.2) is 0 Å². The third kappa shape index (κ3) is 5.69. The first-order chi connectivity index (χ1) is 25.6. The number of aryl methyl sites for hydroxylation is 1. The molecule has 0 fully saturated rings. The lowest BCUT2D eigenvalue weighted by atomic mass is 9.95. The summed E-state index contributed by atoms with van der Waals surface area (Å²) in [4.78, 5) is 2.30. The largest absolute Gasteiger partial charge is 0.398 e. The van der Waals surface area contributed by atoms with Crippen LogP contribution in [0.1, 0.15) is 5.56 Å². The Kier molecular flexibility index (Phi) is 7.87. The molecule has 9 rings (SSSR count). The highest BCUT2D eigenvalue weighted by Crippen LogP contribution is 2.38. The lowest BCUT2D eigenvalue weighted by Gasteiger charge is -2.26. The summed E-state index contributed by atoms with van der Waals surface area (Å²) in [6.45, 7) is 2.13. The maximum absolute atomic E-state index is 6.59. The van der Waals surface area contributed by atoms with E-state index in [9.17, 15) is 0 Å². The number of nitrogens with zero attached hydrogens (tertiary/aromatic N) is 2. The topological polar surface area (TPSA) is 34.2 Å². The minimum atomic E-state index is 0.762. The van der Waals surface area contributed by atoms with Crippen molar-refractivity contribution in [2.24, 2.45) is 0 Å². The molecular weight excluding hydrogens is 631 g/mol. The van der Waals surface area contributed by atoms with Gasteiger partial charge in [0, 0.05) is 44.8 Å². The zero-order valence-electron chi connectivity index (χ0n) is 28.9. The molecule has 0 radical (unpaired) electrons. The van der Waals surface area contributed by atoms with E-state index < -0.39 is 0 Å². The molecule has 0 spiro atoms. The van der Waals surface area contributed by atoms with Crippen molar-refractivity contribution in [2.75, 3.05) is 10.6 Å². The zero-order chi connectivity index (χ0) is 35.0. The molecule has 0 aliphatic carbocycles. The van der Waals surface area contributed by atoms with Gasteiger partial charge in [0.25, 0.3) is 0 Å². The molecule has 3 nitrogen and oxygen atoms in total. The molecule has 0 unspecified atom stereocenters. The average Bonchev–Trinajstić information content (AvgIpc) is 3.54. The van der Waals surface area contributed by atoms with E-state index in [0.717, 1.165) is 50.7 Å². The van der Waals surface area contributed by atoms with Crippen LogP contribution >= 0.6 is 0 Å². The molecule has 0 atom stereocenters. The second-order valence-corrected chi connectivity index (χ2v) is 13.4. The Bertz CT molecular complexity index is 2620.